The Labute approximate surface area is 120 Å². The predicted octanol–water partition coefficient (Wildman–Crippen LogP) is 2.76. The van der Waals surface area contributed by atoms with E-state index in [2.05, 4.69) is 11.9 Å². The number of ether oxygens (including phenoxy) is 2. The van der Waals surface area contributed by atoms with Gasteiger partial charge in [-0.05, 0) is 45.5 Å². The molecule has 1 unspecified atom stereocenters. The third-order valence-corrected chi connectivity index (χ3v) is 3.91. The Hall–Kier alpha value is -1.55. The van der Waals surface area contributed by atoms with Crippen molar-refractivity contribution in [3.05, 3.63) is 23.8 Å². The van der Waals surface area contributed by atoms with Gasteiger partial charge in [-0.2, -0.15) is 0 Å². The summed E-state index contributed by atoms with van der Waals surface area (Å²) in [5, 5.41) is 0. The van der Waals surface area contributed by atoms with Crippen LogP contribution in [0, 0.1) is 0 Å². The van der Waals surface area contributed by atoms with Gasteiger partial charge in [-0.15, -0.1) is 0 Å². The van der Waals surface area contributed by atoms with Gasteiger partial charge in [-0.1, -0.05) is 12.5 Å². The summed E-state index contributed by atoms with van der Waals surface area (Å²) in [5.41, 5.74) is 0.536. The molecule has 110 valence electrons. The summed E-state index contributed by atoms with van der Waals surface area (Å²) in [4.78, 5) is 14.1. The van der Waals surface area contributed by atoms with E-state index in [0.717, 1.165) is 13.0 Å². The summed E-state index contributed by atoms with van der Waals surface area (Å²) >= 11 is 0. The van der Waals surface area contributed by atoms with Gasteiger partial charge in [-0.3, -0.25) is 4.79 Å². The molecule has 0 aromatic heterocycles. The highest BCUT2D eigenvalue weighted by atomic mass is 16.5. The van der Waals surface area contributed by atoms with Crippen LogP contribution >= 0.6 is 0 Å². The van der Waals surface area contributed by atoms with Gasteiger partial charge in [-0.25, -0.2) is 0 Å². The molecule has 2 rings (SSSR count). The number of Topliss-reactive ketones (excluding diaryl/α,β-unsaturated/α-hetero) is 1. The maximum absolute atomic E-state index is 11.8. The molecule has 0 amide bonds. The Kier molecular flexibility index (Phi) is 5.01. The van der Waals surface area contributed by atoms with Gasteiger partial charge in [0.2, 0.25) is 0 Å². The van der Waals surface area contributed by atoms with Crippen LogP contribution in [0.1, 0.15) is 36.5 Å². The SMILES string of the molecule is COc1cccc(OCC2CCCCN2C)c1C(C)=O. The quantitative estimate of drug-likeness (QED) is 0.776. The fourth-order valence-corrected chi connectivity index (χ4v) is 2.69. The number of carbonyl (C=O) groups excluding carboxylic acids is 1. The van der Waals surface area contributed by atoms with Crippen molar-refractivity contribution in [2.75, 3.05) is 27.3 Å². The van der Waals surface area contributed by atoms with Crippen molar-refractivity contribution in [1.82, 2.24) is 4.90 Å². The zero-order chi connectivity index (χ0) is 14.5. The largest absolute Gasteiger partial charge is 0.496 e. The minimum atomic E-state index is -0.0329. The first-order chi connectivity index (χ1) is 9.63. The molecule has 4 heteroatoms. The molecular formula is C16H23NO3. The van der Waals surface area contributed by atoms with Crippen LogP contribution in [0.5, 0.6) is 11.5 Å². The molecule has 0 N–H and O–H groups in total. The van der Waals surface area contributed by atoms with E-state index < -0.39 is 0 Å². The number of benzene rings is 1. The molecule has 0 bridgehead atoms. The average molecular weight is 277 g/mol. The zero-order valence-corrected chi connectivity index (χ0v) is 12.5. The highest BCUT2D eigenvalue weighted by Crippen LogP contribution is 2.29. The van der Waals surface area contributed by atoms with E-state index in [1.165, 1.54) is 19.8 Å². The Morgan fingerprint density at radius 2 is 2.10 bits per heavy atom. The van der Waals surface area contributed by atoms with E-state index in [1.807, 2.05) is 12.1 Å². The molecule has 0 spiro atoms. The second-order valence-corrected chi connectivity index (χ2v) is 5.33. The highest BCUT2D eigenvalue weighted by molar-refractivity contribution is 5.99. The number of rotatable bonds is 5. The first-order valence-electron chi connectivity index (χ1n) is 7.14. The molecule has 4 nitrogen and oxygen atoms in total. The molecule has 1 aliphatic heterocycles. The number of piperidine rings is 1. The summed E-state index contributed by atoms with van der Waals surface area (Å²) in [5.74, 6) is 1.16. The lowest BCUT2D eigenvalue weighted by molar-refractivity contribution is 0.0996. The van der Waals surface area contributed by atoms with E-state index >= 15 is 0 Å². The van der Waals surface area contributed by atoms with Gasteiger partial charge in [0.1, 0.15) is 23.7 Å². The second-order valence-electron chi connectivity index (χ2n) is 5.33. The molecule has 1 fully saturated rings. The number of carbonyl (C=O) groups is 1. The van der Waals surface area contributed by atoms with Crippen molar-refractivity contribution >= 4 is 5.78 Å². The van der Waals surface area contributed by atoms with Crippen LogP contribution in [-0.2, 0) is 0 Å². The topological polar surface area (TPSA) is 38.8 Å². The number of hydrogen-bond donors (Lipinski definition) is 0. The zero-order valence-electron chi connectivity index (χ0n) is 12.5. The van der Waals surface area contributed by atoms with Gasteiger partial charge < -0.3 is 14.4 Å². The number of hydrogen-bond acceptors (Lipinski definition) is 4. The van der Waals surface area contributed by atoms with Crippen molar-refractivity contribution in [1.29, 1.82) is 0 Å². The smallest absolute Gasteiger partial charge is 0.167 e. The number of methoxy groups -OCH3 is 1. The van der Waals surface area contributed by atoms with Crippen LogP contribution in [0.15, 0.2) is 18.2 Å². The molecule has 1 atom stereocenters. The van der Waals surface area contributed by atoms with Crippen molar-refractivity contribution in [2.24, 2.45) is 0 Å². The van der Waals surface area contributed by atoms with Crippen LogP contribution in [0.3, 0.4) is 0 Å². The van der Waals surface area contributed by atoms with Crippen molar-refractivity contribution < 1.29 is 14.3 Å². The third kappa shape index (κ3) is 3.31. The van der Waals surface area contributed by atoms with Gasteiger partial charge in [0, 0.05) is 6.04 Å². The Morgan fingerprint density at radius 3 is 2.75 bits per heavy atom. The molecule has 1 aliphatic rings. The molecule has 0 aliphatic carbocycles. The fraction of sp³-hybridized carbons (Fsp3) is 0.562. The molecule has 1 aromatic carbocycles. The minimum Gasteiger partial charge on any atom is -0.496 e. The van der Waals surface area contributed by atoms with Gasteiger partial charge in [0.05, 0.1) is 7.11 Å². The number of ketones is 1. The Bertz CT molecular complexity index is 473. The molecule has 0 radical (unpaired) electrons. The fourth-order valence-electron chi connectivity index (χ4n) is 2.69. The predicted molar refractivity (Wildman–Crippen MR) is 78.8 cm³/mol. The number of likely N-dealkylation sites (N-methyl/N-ethyl adjacent to an activating group) is 1. The molecule has 20 heavy (non-hydrogen) atoms. The van der Waals surface area contributed by atoms with Gasteiger partial charge in [0.15, 0.2) is 5.78 Å². The van der Waals surface area contributed by atoms with Crippen LogP contribution in [0.2, 0.25) is 0 Å². The normalized spacial score (nSPS) is 19.6. The Balaban J connectivity index is 2.10. The molecule has 1 aromatic rings. The first kappa shape index (κ1) is 14.9. The maximum Gasteiger partial charge on any atom is 0.167 e. The monoisotopic (exact) mass is 277 g/mol. The summed E-state index contributed by atoms with van der Waals surface area (Å²) in [7, 11) is 3.70. The maximum atomic E-state index is 11.8. The average Bonchev–Trinajstić information content (AvgIpc) is 2.45. The lowest BCUT2D eigenvalue weighted by Gasteiger charge is -2.32. The summed E-state index contributed by atoms with van der Waals surface area (Å²) in [6.07, 6.45) is 3.65. The van der Waals surface area contributed by atoms with Crippen LogP contribution in [0.4, 0.5) is 0 Å². The van der Waals surface area contributed by atoms with Crippen molar-refractivity contribution in [2.45, 2.75) is 32.2 Å². The van der Waals surface area contributed by atoms with E-state index in [9.17, 15) is 4.79 Å². The van der Waals surface area contributed by atoms with E-state index in [1.54, 1.807) is 13.2 Å². The summed E-state index contributed by atoms with van der Waals surface area (Å²) < 4.78 is 11.2. The molecule has 1 heterocycles. The summed E-state index contributed by atoms with van der Waals surface area (Å²) in [6.45, 7) is 3.27. The Morgan fingerprint density at radius 1 is 1.35 bits per heavy atom. The first-order valence-corrected chi connectivity index (χ1v) is 7.14. The van der Waals surface area contributed by atoms with Crippen LogP contribution < -0.4 is 9.47 Å². The van der Waals surface area contributed by atoms with Gasteiger partial charge in [0.25, 0.3) is 0 Å². The lowest BCUT2D eigenvalue weighted by atomic mass is 10.0. The summed E-state index contributed by atoms with van der Waals surface area (Å²) in [6, 6.07) is 5.90. The van der Waals surface area contributed by atoms with E-state index in [4.69, 9.17) is 9.47 Å². The number of likely N-dealkylation sites (tertiary alicyclic amines) is 1. The van der Waals surface area contributed by atoms with E-state index in [0.29, 0.717) is 29.7 Å². The molecule has 0 saturated carbocycles. The molecular weight excluding hydrogens is 254 g/mol. The van der Waals surface area contributed by atoms with Crippen molar-refractivity contribution in [3.8, 4) is 11.5 Å². The second kappa shape index (κ2) is 6.75. The van der Waals surface area contributed by atoms with Crippen LogP contribution in [0.25, 0.3) is 0 Å². The third-order valence-electron chi connectivity index (χ3n) is 3.91. The van der Waals surface area contributed by atoms with Crippen molar-refractivity contribution in [3.63, 3.8) is 0 Å². The van der Waals surface area contributed by atoms with E-state index in [-0.39, 0.29) is 5.78 Å². The van der Waals surface area contributed by atoms with Crippen LogP contribution in [-0.4, -0.2) is 44.0 Å². The van der Waals surface area contributed by atoms with Gasteiger partial charge >= 0.3 is 0 Å². The lowest BCUT2D eigenvalue weighted by Crippen LogP contribution is -2.40. The highest BCUT2D eigenvalue weighted by Gasteiger charge is 2.21. The number of nitrogens with zero attached hydrogens (tertiary/aromatic N) is 1. The molecule has 1 saturated heterocycles. The standard InChI is InChI=1S/C16H23NO3/c1-12(18)16-14(19-3)8-6-9-15(16)20-11-13-7-4-5-10-17(13)2/h6,8-9,13H,4-5,7,10-11H2,1-3H3. The minimum absolute atomic E-state index is 0.0329.